The average molecular weight is 334 g/mol. The normalized spacial score (nSPS) is 22.2. The first-order valence-electron chi connectivity index (χ1n) is 5.36. The molecule has 2 atom stereocenters. The van der Waals surface area contributed by atoms with E-state index in [1.807, 2.05) is 0 Å². The van der Waals surface area contributed by atoms with Crippen molar-refractivity contribution in [3.8, 4) is 0 Å². The number of nitrogens with two attached hydrogens (primary N) is 1. The van der Waals surface area contributed by atoms with Gasteiger partial charge in [-0.1, -0.05) is 23.8 Å². The second-order valence-electron chi connectivity index (χ2n) is 4.12. The zero-order valence-electron chi connectivity index (χ0n) is 9.29. The van der Waals surface area contributed by atoms with Gasteiger partial charge >= 0.3 is 0 Å². The molecule has 0 fully saturated rings. The van der Waals surface area contributed by atoms with Crippen LogP contribution in [0.5, 0.6) is 0 Å². The largest absolute Gasteiger partial charge is 0.324 e. The fourth-order valence-electron chi connectivity index (χ4n) is 1.80. The van der Waals surface area contributed by atoms with E-state index in [-0.39, 0.29) is 22.9 Å². The van der Waals surface area contributed by atoms with Gasteiger partial charge in [-0.05, 0) is 34.5 Å². The molecule has 0 radical (unpaired) electrons. The minimum Gasteiger partial charge on any atom is -0.324 e. The van der Waals surface area contributed by atoms with Crippen molar-refractivity contribution in [3.05, 3.63) is 39.6 Å². The summed E-state index contributed by atoms with van der Waals surface area (Å²) in [5.41, 5.74) is 6.06. The van der Waals surface area contributed by atoms with Gasteiger partial charge < -0.3 is 11.1 Å². The number of carbonyl (C=O) groups excluding carboxylic acids is 1. The van der Waals surface area contributed by atoms with Crippen LogP contribution in [0.25, 0.3) is 0 Å². The number of hydrogen-bond donors (Lipinski definition) is 2. The van der Waals surface area contributed by atoms with E-state index in [9.17, 15) is 9.18 Å². The van der Waals surface area contributed by atoms with Crippen molar-refractivity contribution in [1.29, 1.82) is 0 Å². The molecule has 1 aromatic carbocycles. The Kier molecular flexibility index (Phi) is 4.04. The predicted molar refractivity (Wildman–Crippen MR) is 73.0 cm³/mol. The number of anilines is 1. The third-order valence-electron chi connectivity index (χ3n) is 2.71. The summed E-state index contributed by atoms with van der Waals surface area (Å²) in [6.07, 6.45) is 4.14. The van der Waals surface area contributed by atoms with Crippen LogP contribution in [0.4, 0.5) is 10.1 Å². The van der Waals surface area contributed by atoms with Gasteiger partial charge in [-0.2, -0.15) is 0 Å². The van der Waals surface area contributed by atoms with E-state index >= 15 is 0 Å². The van der Waals surface area contributed by atoms with Crippen LogP contribution in [0.15, 0.2) is 28.8 Å². The molecule has 6 heteroatoms. The lowest BCUT2D eigenvalue weighted by Gasteiger charge is -2.13. The summed E-state index contributed by atoms with van der Waals surface area (Å²) < 4.78 is 13.5. The number of benzene rings is 1. The second kappa shape index (κ2) is 5.38. The Bertz CT molecular complexity index is 498. The molecule has 3 N–H and O–H groups in total. The lowest BCUT2D eigenvalue weighted by atomic mass is 10.1. The van der Waals surface area contributed by atoms with Gasteiger partial charge in [0.15, 0.2) is 0 Å². The zero-order chi connectivity index (χ0) is 13.3. The van der Waals surface area contributed by atoms with Gasteiger partial charge in [0.1, 0.15) is 5.82 Å². The molecular weight excluding hydrogens is 322 g/mol. The number of hydrogen-bond acceptors (Lipinski definition) is 2. The second-order valence-corrected chi connectivity index (χ2v) is 5.39. The quantitative estimate of drug-likeness (QED) is 0.817. The standard InChI is InChI=1S/C12H11BrClFN2O/c13-9-4-7(15)5-10(14)11(9)17-12(18)6-1-2-8(16)3-6/h1-2,4-6,8H,3,16H2,(H,17,18). The fourth-order valence-corrected chi connectivity index (χ4v) is 2.70. The maximum atomic E-state index is 13.0. The van der Waals surface area contributed by atoms with Crippen molar-refractivity contribution in [3.63, 3.8) is 0 Å². The van der Waals surface area contributed by atoms with Crippen LogP contribution in [0.3, 0.4) is 0 Å². The Labute approximate surface area is 117 Å². The van der Waals surface area contributed by atoms with E-state index in [1.54, 1.807) is 12.2 Å². The molecule has 96 valence electrons. The molecule has 2 rings (SSSR count). The van der Waals surface area contributed by atoms with Crippen LogP contribution >= 0.6 is 27.5 Å². The van der Waals surface area contributed by atoms with Crippen LogP contribution < -0.4 is 11.1 Å². The number of halogens is 3. The molecule has 0 saturated heterocycles. The van der Waals surface area contributed by atoms with Crippen molar-refractivity contribution in [1.82, 2.24) is 0 Å². The van der Waals surface area contributed by atoms with Gasteiger partial charge in [0.25, 0.3) is 0 Å². The molecule has 0 bridgehead atoms. The lowest BCUT2D eigenvalue weighted by Crippen LogP contribution is -2.24. The monoisotopic (exact) mass is 332 g/mol. The maximum absolute atomic E-state index is 13.0. The number of rotatable bonds is 2. The van der Waals surface area contributed by atoms with Crippen LogP contribution in [0.2, 0.25) is 5.02 Å². The molecule has 0 aliphatic heterocycles. The highest BCUT2D eigenvalue weighted by Gasteiger charge is 2.23. The number of nitrogens with one attached hydrogen (secondary N) is 1. The van der Waals surface area contributed by atoms with Gasteiger partial charge in [-0.25, -0.2) is 4.39 Å². The third-order valence-corrected chi connectivity index (χ3v) is 3.63. The first-order chi connectivity index (χ1) is 8.47. The molecule has 2 unspecified atom stereocenters. The van der Waals surface area contributed by atoms with Gasteiger partial charge in [-0.3, -0.25) is 4.79 Å². The van der Waals surface area contributed by atoms with E-state index in [2.05, 4.69) is 21.2 Å². The Morgan fingerprint density at radius 3 is 2.78 bits per heavy atom. The van der Waals surface area contributed by atoms with Gasteiger partial charge in [0.2, 0.25) is 5.91 Å². The SMILES string of the molecule is NC1C=CC(C(=O)Nc2c(Cl)cc(F)cc2Br)C1. The van der Waals surface area contributed by atoms with E-state index in [1.165, 1.54) is 6.07 Å². The van der Waals surface area contributed by atoms with E-state index in [0.29, 0.717) is 16.6 Å². The maximum Gasteiger partial charge on any atom is 0.231 e. The molecule has 0 aromatic heterocycles. The first-order valence-corrected chi connectivity index (χ1v) is 6.54. The van der Waals surface area contributed by atoms with Crippen LogP contribution in [-0.4, -0.2) is 11.9 Å². The molecule has 1 aliphatic rings. The van der Waals surface area contributed by atoms with Crippen molar-refractivity contribution >= 4 is 39.1 Å². The minimum atomic E-state index is -0.465. The smallest absolute Gasteiger partial charge is 0.231 e. The Hall–Kier alpha value is -0.910. The number of amides is 1. The summed E-state index contributed by atoms with van der Waals surface area (Å²) in [6.45, 7) is 0. The molecule has 0 heterocycles. The van der Waals surface area contributed by atoms with Crippen molar-refractivity contribution in [2.75, 3.05) is 5.32 Å². The van der Waals surface area contributed by atoms with E-state index in [0.717, 1.165) is 6.07 Å². The zero-order valence-corrected chi connectivity index (χ0v) is 11.6. The summed E-state index contributed by atoms with van der Waals surface area (Å²) >= 11 is 9.05. The van der Waals surface area contributed by atoms with Gasteiger partial charge in [0, 0.05) is 10.5 Å². The van der Waals surface area contributed by atoms with Crippen molar-refractivity contribution in [2.24, 2.45) is 11.7 Å². The third kappa shape index (κ3) is 2.91. The topological polar surface area (TPSA) is 55.1 Å². The highest BCUT2D eigenvalue weighted by molar-refractivity contribution is 9.10. The molecule has 1 amide bonds. The van der Waals surface area contributed by atoms with Crippen molar-refractivity contribution < 1.29 is 9.18 Å². The summed E-state index contributed by atoms with van der Waals surface area (Å²) in [6, 6.07) is 2.31. The molecule has 0 spiro atoms. The van der Waals surface area contributed by atoms with E-state index < -0.39 is 5.82 Å². The highest BCUT2D eigenvalue weighted by atomic mass is 79.9. The molecule has 18 heavy (non-hydrogen) atoms. The minimum absolute atomic E-state index is 0.0899. The summed E-state index contributed by atoms with van der Waals surface area (Å²) in [4.78, 5) is 12.0. The molecular formula is C12H11BrClFN2O. The average Bonchev–Trinajstić information content (AvgIpc) is 2.70. The Morgan fingerprint density at radius 1 is 1.50 bits per heavy atom. The lowest BCUT2D eigenvalue weighted by molar-refractivity contribution is -0.118. The molecule has 1 aromatic rings. The first kappa shape index (κ1) is 13.5. The summed E-state index contributed by atoms with van der Waals surface area (Å²) in [5, 5.41) is 2.83. The highest BCUT2D eigenvalue weighted by Crippen LogP contribution is 2.32. The van der Waals surface area contributed by atoms with E-state index in [4.69, 9.17) is 17.3 Å². The van der Waals surface area contributed by atoms with Gasteiger partial charge in [-0.15, -0.1) is 0 Å². The van der Waals surface area contributed by atoms with Crippen LogP contribution in [0, 0.1) is 11.7 Å². The van der Waals surface area contributed by atoms with Gasteiger partial charge in [0.05, 0.1) is 16.6 Å². The van der Waals surface area contributed by atoms with Crippen LogP contribution in [-0.2, 0) is 4.79 Å². The number of carbonyl (C=O) groups is 1. The Balaban J connectivity index is 2.15. The predicted octanol–water partition coefficient (Wildman–Crippen LogP) is 3.08. The molecule has 1 aliphatic carbocycles. The van der Waals surface area contributed by atoms with Crippen LogP contribution in [0.1, 0.15) is 6.42 Å². The molecule has 0 saturated carbocycles. The Morgan fingerprint density at radius 2 is 2.22 bits per heavy atom. The summed E-state index contributed by atoms with van der Waals surface area (Å²) in [5.74, 6) is -0.936. The van der Waals surface area contributed by atoms with Crippen molar-refractivity contribution in [2.45, 2.75) is 12.5 Å². The summed E-state index contributed by atoms with van der Waals surface area (Å²) in [7, 11) is 0. The molecule has 3 nitrogen and oxygen atoms in total. The fraction of sp³-hybridized carbons (Fsp3) is 0.250.